The number of methoxy groups -OCH3 is 1. The smallest absolute Gasteiger partial charge is 0.269 e. The van der Waals surface area contributed by atoms with Crippen molar-refractivity contribution in [2.45, 2.75) is 0 Å². The minimum atomic E-state index is -0.417. The van der Waals surface area contributed by atoms with Crippen molar-refractivity contribution in [3.8, 4) is 5.75 Å². The number of benzene rings is 2. The Labute approximate surface area is 130 Å². The van der Waals surface area contributed by atoms with Crippen molar-refractivity contribution >= 4 is 27.7 Å². The summed E-state index contributed by atoms with van der Waals surface area (Å²) in [6.07, 6.45) is 0. The van der Waals surface area contributed by atoms with Crippen molar-refractivity contribution in [1.82, 2.24) is 10.9 Å². The number of nitrogens with one attached hydrogen (secondary N) is 2. The summed E-state index contributed by atoms with van der Waals surface area (Å²) in [5, 5.41) is 0. The minimum absolute atomic E-state index is 0.390. The Bertz CT molecular complexity index is 656. The molecule has 2 N–H and O–H groups in total. The van der Waals surface area contributed by atoms with Gasteiger partial charge in [-0.05, 0) is 42.5 Å². The Morgan fingerprint density at radius 1 is 0.952 bits per heavy atom. The van der Waals surface area contributed by atoms with E-state index in [9.17, 15) is 9.59 Å². The molecule has 108 valence electrons. The van der Waals surface area contributed by atoms with Crippen LogP contribution in [0.1, 0.15) is 20.7 Å². The first-order valence-electron chi connectivity index (χ1n) is 6.10. The first kappa shape index (κ1) is 15.1. The molecule has 0 atom stereocenters. The maximum atomic E-state index is 11.9. The minimum Gasteiger partial charge on any atom is -0.497 e. The molecule has 0 saturated carbocycles. The van der Waals surface area contributed by atoms with Crippen molar-refractivity contribution in [2.75, 3.05) is 7.11 Å². The number of hydrazine groups is 1. The van der Waals surface area contributed by atoms with E-state index < -0.39 is 11.8 Å². The van der Waals surface area contributed by atoms with Crippen molar-refractivity contribution in [3.63, 3.8) is 0 Å². The van der Waals surface area contributed by atoms with Crippen LogP contribution in [0.3, 0.4) is 0 Å². The van der Waals surface area contributed by atoms with Gasteiger partial charge < -0.3 is 4.74 Å². The van der Waals surface area contributed by atoms with E-state index in [-0.39, 0.29) is 0 Å². The van der Waals surface area contributed by atoms with Crippen molar-refractivity contribution in [1.29, 1.82) is 0 Å². The van der Waals surface area contributed by atoms with Gasteiger partial charge in [0.15, 0.2) is 0 Å². The molecule has 0 spiro atoms. The van der Waals surface area contributed by atoms with E-state index in [4.69, 9.17) is 4.74 Å². The Morgan fingerprint density at radius 2 is 1.57 bits per heavy atom. The lowest BCUT2D eigenvalue weighted by molar-refractivity contribution is 0.0846. The van der Waals surface area contributed by atoms with Gasteiger partial charge in [0.05, 0.1) is 7.11 Å². The van der Waals surface area contributed by atoms with E-state index >= 15 is 0 Å². The fourth-order valence-electron chi connectivity index (χ4n) is 1.62. The summed E-state index contributed by atoms with van der Waals surface area (Å²) in [7, 11) is 1.52. The zero-order valence-corrected chi connectivity index (χ0v) is 12.8. The van der Waals surface area contributed by atoms with Gasteiger partial charge in [-0.3, -0.25) is 20.4 Å². The van der Waals surface area contributed by atoms with Gasteiger partial charge in [-0.1, -0.05) is 22.0 Å². The monoisotopic (exact) mass is 348 g/mol. The Hall–Kier alpha value is -2.34. The van der Waals surface area contributed by atoms with Crippen molar-refractivity contribution in [2.24, 2.45) is 0 Å². The lowest BCUT2D eigenvalue weighted by Crippen LogP contribution is -2.41. The van der Waals surface area contributed by atoms with E-state index in [1.54, 1.807) is 48.5 Å². The summed E-state index contributed by atoms with van der Waals surface area (Å²) in [5.41, 5.74) is 5.56. The highest BCUT2D eigenvalue weighted by Gasteiger charge is 2.09. The number of hydrogen-bond acceptors (Lipinski definition) is 3. The van der Waals surface area contributed by atoms with Crippen LogP contribution >= 0.6 is 15.9 Å². The van der Waals surface area contributed by atoms with Gasteiger partial charge in [0, 0.05) is 15.6 Å². The molecule has 2 amide bonds. The maximum Gasteiger partial charge on any atom is 0.269 e. The standard InChI is InChI=1S/C15H13BrN2O3/c1-21-13-4-2-3-11(9-13)15(20)18-17-14(19)10-5-7-12(16)8-6-10/h2-9H,1H3,(H,17,19)(H,18,20). The molecule has 6 heteroatoms. The summed E-state index contributed by atoms with van der Waals surface area (Å²) < 4.78 is 5.91. The van der Waals surface area contributed by atoms with Crippen molar-refractivity contribution < 1.29 is 14.3 Å². The van der Waals surface area contributed by atoms with Crippen LogP contribution in [0.4, 0.5) is 0 Å². The largest absolute Gasteiger partial charge is 0.497 e. The fraction of sp³-hybridized carbons (Fsp3) is 0.0667. The molecule has 21 heavy (non-hydrogen) atoms. The summed E-state index contributed by atoms with van der Waals surface area (Å²) in [6, 6.07) is 13.4. The molecule has 0 aliphatic carbocycles. The van der Waals surface area contributed by atoms with Crippen LogP contribution in [0, 0.1) is 0 Å². The van der Waals surface area contributed by atoms with E-state index in [1.807, 2.05) is 0 Å². The first-order chi connectivity index (χ1) is 10.1. The van der Waals surface area contributed by atoms with E-state index in [0.29, 0.717) is 16.9 Å². The third-order valence-corrected chi connectivity index (χ3v) is 3.26. The zero-order valence-electron chi connectivity index (χ0n) is 11.2. The summed E-state index contributed by atoms with van der Waals surface area (Å²) in [5.74, 6) is -0.236. The molecule has 5 nitrogen and oxygen atoms in total. The third kappa shape index (κ3) is 4.06. The second-order valence-electron chi connectivity index (χ2n) is 4.15. The van der Waals surface area contributed by atoms with Gasteiger partial charge in [-0.25, -0.2) is 0 Å². The van der Waals surface area contributed by atoms with Gasteiger partial charge in [-0.15, -0.1) is 0 Å². The molecule has 2 aromatic rings. The van der Waals surface area contributed by atoms with Crippen LogP contribution in [0.5, 0.6) is 5.75 Å². The molecule has 0 heterocycles. The molecule has 0 unspecified atom stereocenters. The fourth-order valence-corrected chi connectivity index (χ4v) is 1.89. The van der Waals surface area contributed by atoms with Gasteiger partial charge >= 0.3 is 0 Å². The van der Waals surface area contributed by atoms with Crippen LogP contribution in [-0.2, 0) is 0 Å². The van der Waals surface area contributed by atoms with E-state index in [1.165, 1.54) is 7.11 Å². The Balaban J connectivity index is 1.97. The molecule has 0 aliphatic heterocycles. The number of amides is 2. The molecule has 2 aromatic carbocycles. The van der Waals surface area contributed by atoms with Crippen LogP contribution in [0.25, 0.3) is 0 Å². The summed E-state index contributed by atoms with van der Waals surface area (Å²) >= 11 is 3.29. The second kappa shape index (κ2) is 6.90. The maximum absolute atomic E-state index is 11.9. The van der Waals surface area contributed by atoms with E-state index in [0.717, 1.165) is 4.47 Å². The van der Waals surface area contributed by atoms with Crippen molar-refractivity contribution in [3.05, 3.63) is 64.1 Å². The number of halogens is 1. The summed E-state index contributed by atoms with van der Waals surface area (Å²) in [4.78, 5) is 23.8. The Morgan fingerprint density at radius 3 is 2.19 bits per heavy atom. The molecule has 2 rings (SSSR count). The van der Waals surface area contributed by atoms with Crippen LogP contribution in [-0.4, -0.2) is 18.9 Å². The van der Waals surface area contributed by atoms with E-state index in [2.05, 4.69) is 26.8 Å². The van der Waals surface area contributed by atoms with Crippen LogP contribution in [0.15, 0.2) is 53.0 Å². The van der Waals surface area contributed by atoms with Crippen LogP contribution < -0.4 is 15.6 Å². The number of hydrogen-bond donors (Lipinski definition) is 2. The molecule has 0 aromatic heterocycles. The molecule has 0 saturated heterocycles. The normalized spacial score (nSPS) is 9.81. The average molecular weight is 349 g/mol. The highest BCUT2D eigenvalue weighted by atomic mass is 79.9. The highest BCUT2D eigenvalue weighted by Crippen LogP contribution is 2.12. The first-order valence-corrected chi connectivity index (χ1v) is 6.90. The molecule has 0 aliphatic rings. The number of carbonyl (C=O) groups is 2. The number of rotatable bonds is 3. The molecule has 0 bridgehead atoms. The van der Waals surface area contributed by atoms with Gasteiger partial charge in [0.1, 0.15) is 5.75 Å². The number of carbonyl (C=O) groups excluding carboxylic acids is 2. The second-order valence-corrected chi connectivity index (χ2v) is 5.06. The molecule has 0 fully saturated rings. The average Bonchev–Trinajstić information content (AvgIpc) is 2.53. The van der Waals surface area contributed by atoms with Gasteiger partial charge in [-0.2, -0.15) is 0 Å². The topological polar surface area (TPSA) is 67.4 Å². The van der Waals surface area contributed by atoms with Gasteiger partial charge in [0.25, 0.3) is 11.8 Å². The lowest BCUT2D eigenvalue weighted by atomic mass is 10.2. The third-order valence-electron chi connectivity index (χ3n) is 2.73. The Kier molecular flexibility index (Phi) is 4.94. The SMILES string of the molecule is COc1cccc(C(=O)NNC(=O)c2ccc(Br)cc2)c1. The number of ether oxygens (including phenoxy) is 1. The molecular formula is C15H13BrN2O3. The summed E-state index contributed by atoms with van der Waals surface area (Å²) in [6.45, 7) is 0. The van der Waals surface area contributed by atoms with Crippen LogP contribution in [0.2, 0.25) is 0 Å². The molecular weight excluding hydrogens is 336 g/mol. The predicted molar refractivity (Wildman–Crippen MR) is 82.1 cm³/mol. The zero-order chi connectivity index (χ0) is 15.2. The predicted octanol–water partition coefficient (Wildman–Crippen LogP) is 2.53. The highest BCUT2D eigenvalue weighted by molar-refractivity contribution is 9.10. The van der Waals surface area contributed by atoms with Gasteiger partial charge in [0.2, 0.25) is 0 Å². The molecule has 0 radical (unpaired) electrons. The quantitative estimate of drug-likeness (QED) is 0.837. The lowest BCUT2D eigenvalue weighted by Gasteiger charge is -2.08.